The van der Waals surface area contributed by atoms with E-state index >= 15 is 0 Å². The van der Waals surface area contributed by atoms with E-state index < -0.39 is 41.2 Å². The number of hydrogen-bond donors (Lipinski definition) is 1. The van der Waals surface area contributed by atoms with Gasteiger partial charge in [0.25, 0.3) is 0 Å². The molecule has 0 aliphatic carbocycles. The number of ketones is 1. The van der Waals surface area contributed by atoms with Crippen molar-refractivity contribution in [2.24, 2.45) is 5.92 Å². The Balaban J connectivity index is 2.36. The van der Waals surface area contributed by atoms with Crippen molar-refractivity contribution in [1.29, 1.82) is 0 Å². The smallest absolute Gasteiger partial charge is 0.399 e. The monoisotopic (exact) mass is 367 g/mol. The number of anilines is 1. The fourth-order valence-electron chi connectivity index (χ4n) is 2.71. The van der Waals surface area contributed by atoms with Crippen LogP contribution >= 0.6 is 0 Å². The van der Waals surface area contributed by atoms with E-state index in [1.165, 1.54) is 0 Å². The quantitative estimate of drug-likeness (QED) is 0.578. The van der Waals surface area contributed by atoms with Gasteiger partial charge in [0.05, 0.1) is 5.56 Å². The summed E-state index contributed by atoms with van der Waals surface area (Å²) in [6, 6.07) is 9.07. The first-order valence-corrected chi connectivity index (χ1v) is 8.34. The van der Waals surface area contributed by atoms with E-state index in [2.05, 4.69) is 0 Å². The zero-order valence-corrected chi connectivity index (χ0v) is 14.7. The lowest BCUT2D eigenvalue weighted by molar-refractivity contribution is -0.138. The number of para-hydroxylation sites is 1. The molecule has 0 spiro atoms. The van der Waals surface area contributed by atoms with Gasteiger partial charge in [0.1, 0.15) is 11.6 Å². The SMILES string of the molecule is CC(C)C(=O)Cc1c(C(F)(F)F)ccc(CCc2ccccc2N)c1F. The Kier molecular flexibility index (Phi) is 6.05. The van der Waals surface area contributed by atoms with Gasteiger partial charge in [0, 0.05) is 23.6 Å². The lowest BCUT2D eigenvalue weighted by atomic mass is 9.92. The van der Waals surface area contributed by atoms with Crippen LogP contribution in [0.1, 0.15) is 36.1 Å². The third-order valence-corrected chi connectivity index (χ3v) is 4.34. The van der Waals surface area contributed by atoms with Gasteiger partial charge in [0.2, 0.25) is 0 Å². The first-order chi connectivity index (χ1) is 12.1. The summed E-state index contributed by atoms with van der Waals surface area (Å²) in [5, 5.41) is 0. The highest BCUT2D eigenvalue weighted by molar-refractivity contribution is 5.83. The minimum atomic E-state index is -4.71. The summed E-state index contributed by atoms with van der Waals surface area (Å²) in [5.74, 6) is -1.86. The van der Waals surface area contributed by atoms with Gasteiger partial charge >= 0.3 is 6.18 Å². The molecular weight excluding hydrogens is 346 g/mol. The van der Waals surface area contributed by atoms with E-state index in [4.69, 9.17) is 5.73 Å². The molecule has 0 aromatic heterocycles. The lowest BCUT2D eigenvalue weighted by Gasteiger charge is -2.17. The predicted octanol–water partition coefficient (Wildman–Crippen LogP) is 4.98. The van der Waals surface area contributed by atoms with Crippen LogP contribution in [0.15, 0.2) is 36.4 Å². The van der Waals surface area contributed by atoms with Crippen molar-refractivity contribution in [3.05, 3.63) is 64.5 Å². The molecule has 140 valence electrons. The van der Waals surface area contributed by atoms with Crippen molar-refractivity contribution in [3.8, 4) is 0 Å². The normalized spacial score (nSPS) is 11.8. The van der Waals surface area contributed by atoms with Gasteiger partial charge in [-0.1, -0.05) is 38.1 Å². The Morgan fingerprint density at radius 1 is 1.04 bits per heavy atom. The molecule has 6 heteroatoms. The Labute approximate surface area is 150 Å². The number of carbonyl (C=O) groups is 1. The number of rotatable bonds is 6. The zero-order chi connectivity index (χ0) is 19.5. The van der Waals surface area contributed by atoms with Crippen molar-refractivity contribution >= 4 is 11.5 Å². The van der Waals surface area contributed by atoms with E-state index in [1.54, 1.807) is 38.1 Å². The molecule has 2 N–H and O–H groups in total. The molecule has 0 heterocycles. The van der Waals surface area contributed by atoms with Crippen molar-refractivity contribution in [2.75, 3.05) is 5.73 Å². The summed E-state index contributed by atoms with van der Waals surface area (Å²) < 4.78 is 54.5. The Bertz CT molecular complexity index is 797. The zero-order valence-electron chi connectivity index (χ0n) is 14.7. The van der Waals surface area contributed by atoms with E-state index in [0.29, 0.717) is 12.1 Å². The van der Waals surface area contributed by atoms with Gasteiger partial charge in [-0.25, -0.2) is 4.39 Å². The van der Waals surface area contributed by atoms with Crippen molar-refractivity contribution in [3.63, 3.8) is 0 Å². The maximum atomic E-state index is 14.8. The van der Waals surface area contributed by atoms with Crippen LogP contribution in [0, 0.1) is 11.7 Å². The van der Waals surface area contributed by atoms with Gasteiger partial charge in [-0.05, 0) is 36.1 Å². The first-order valence-electron chi connectivity index (χ1n) is 8.34. The highest BCUT2D eigenvalue weighted by atomic mass is 19.4. The van der Waals surface area contributed by atoms with Crippen LogP contribution in [-0.4, -0.2) is 5.78 Å². The number of benzene rings is 2. The summed E-state index contributed by atoms with van der Waals surface area (Å²) in [6.07, 6.45) is -4.69. The lowest BCUT2D eigenvalue weighted by Crippen LogP contribution is -2.18. The third-order valence-electron chi connectivity index (χ3n) is 4.34. The third kappa shape index (κ3) is 4.62. The fraction of sp³-hybridized carbons (Fsp3) is 0.350. The highest BCUT2D eigenvalue weighted by Gasteiger charge is 2.35. The molecule has 0 amide bonds. The van der Waals surface area contributed by atoms with Crippen molar-refractivity contribution in [2.45, 2.75) is 39.3 Å². The molecule has 26 heavy (non-hydrogen) atoms. The summed E-state index contributed by atoms with van der Waals surface area (Å²) in [6.45, 7) is 3.16. The number of nitrogen functional groups attached to an aromatic ring is 1. The van der Waals surface area contributed by atoms with Gasteiger partial charge in [-0.2, -0.15) is 13.2 Å². The van der Waals surface area contributed by atoms with E-state index in [-0.39, 0.29) is 12.0 Å². The number of halogens is 4. The predicted molar refractivity (Wildman–Crippen MR) is 93.2 cm³/mol. The fourth-order valence-corrected chi connectivity index (χ4v) is 2.71. The standard InChI is InChI=1S/C20H21F4NO/c1-12(2)18(26)11-15-16(20(22,23)24)10-9-14(19(15)21)8-7-13-5-3-4-6-17(13)25/h3-6,9-10,12H,7-8,11,25H2,1-2H3. The maximum absolute atomic E-state index is 14.8. The minimum Gasteiger partial charge on any atom is -0.399 e. The van der Waals surface area contributed by atoms with Crippen molar-refractivity contribution in [1.82, 2.24) is 0 Å². The largest absolute Gasteiger partial charge is 0.416 e. The average molecular weight is 367 g/mol. The van der Waals surface area contributed by atoms with Crippen LogP contribution in [0.2, 0.25) is 0 Å². The summed E-state index contributed by atoms with van der Waals surface area (Å²) in [4.78, 5) is 11.9. The van der Waals surface area contributed by atoms with Crippen LogP contribution in [0.25, 0.3) is 0 Å². The number of aryl methyl sites for hydroxylation is 2. The maximum Gasteiger partial charge on any atom is 0.416 e. The van der Waals surface area contributed by atoms with Crippen LogP contribution in [-0.2, 0) is 30.2 Å². The van der Waals surface area contributed by atoms with Gasteiger partial charge in [0.15, 0.2) is 0 Å². The number of alkyl halides is 3. The number of nitrogens with two attached hydrogens (primary N) is 1. The molecule has 0 bridgehead atoms. The first kappa shape index (κ1) is 19.9. The molecular formula is C20H21F4NO. The summed E-state index contributed by atoms with van der Waals surface area (Å²) in [5.41, 5.74) is 5.68. The second-order valence-corrected chi connectivity index (χ2v) is 6.56. The molecule has 0 saturated carbocycles. The van der Waals surface area contributed by atoms with Crippen LogP contribution in [0.5, 0.6) is 0 Å². The Hall–Kier alpha value is -2.37. The highest BCUT2D eigenvalue weighted by Crippen LogP contribution is 2.35. The second-order valence-electron chi connectivity index (χ2n) is 6.56. The average Bonchev–Trinajstić information content (AvgIpc) is 2.55. The van der Waals surface area contributed by atoms with Crippen LogP contribution in [0.3, 0.4) is 0 Å². The number of Topliss-reactive ketones (excluding diaryl/α,β-unsaturated/α-hetero) is 1. The van der Waals surface area contributed by atoms with Gasteiger partial charge in [-0.15, -0.1) is 0 Å². The molecule has 2 rings (SSSR count). The van der Waals surface area contributed by atoms with Gasteiger partial charge in [-0.3, -0.25) is 4.79 Å². The molecule has 0 saturated heterocycles. The van der Waals surface area contributed by atoms with Gasteiger partial charge < -0.3 is 5.73 Å². The molecule has 0 unspecified atom stereocenters. The van der Waals surface area contributed by atoms with Crippen LogP contribution in [0.4, 0.5) is 23.2 Å². The molecule has 2 nitrogen and oxygen atoms in total. The second kappa shape index (κ2) is 7.89. The van der Waals surface area contributed by atoms with E-state index in [9.17, 15) is 22.4 Å². The van der Waals surface area contributed by atoms with E-state index in [1.807, 2.05) is 0 Å². The van der Waals surface area contributed by atoms with Crippen molar-refractivity contribution < 1.29 is 22.4 Å². The summed E-state index contributed by atoms with van der Waals surface area (Å²) >= 11 is 0. The van der Waals surface area contributed by atoms with Crippen LogP contribution < -0.4 is 5.73 Å². The molecule has 2 aromatic rings. The Morgan fingerprint density at radius 3 is 2.23 bits per heavy atom. The molecule has 0 radical (unpaired) electrons. The number of carbonyl (C=O) groups excluding carboxylic acids is 1. The minimum absolute atomic E-state index is 0.146. The number of hydrogen-bond acceptors (Lipinski definition) is 2. The summed E-state index contributed by atoms with van der Waals surface area (Å²) in [7, 11) is 0. The molecule has 0 aliphatic rings. The van der Waals surface area contributed by atoms with E-state index in [0.717, 1.165) is 17.7 Å². The molecule has 0 aliphatic heterocycles. The Morgan fingerprint density at radius 2 is 1.65 bits per heavy atom. The molecule has 0 atom stereocenters. The molecule has 2 aromatic carbocycles. The topological polar surface area (TPSA) is 43.1 Å². The molecule has 0 fully saturated rings.